The van der Waals surface area contributed by atoms with Crippen molar-refractivity contribution in [2.45, 2.75) is 71.1 Å². The Hall–Kier alpha value is 0.0600. The first kappa shape index (κ1) is 24.1. The number of aliphatic hydroxyl groups is 1. The third-order valence-corrected chi connectivity index (χ3v) is 4.84. The first-order valence-corrected chi connectivity index (χ1v) is 9.37. The predicted molar refractivity (Wildman–Crippen MR) is 94.8 cm³/mol. The molecule has 0 saturated heterocycles. The Bertz CT molecular complexity index is 383. The quantitative estimate of drug-likeness (QED) is 0.269. The second-order valence-corrected chi connectivity index (χ2v) is 6.74. The van der Waals surface area contributed by atoms with Gasteiger partial charge < -0.3 is 11.6 Å². The summed E-state index contributed by atoms with van der Waals surface area (Å²) in [6.07, 6.45) is 12.4. The van der Waals surface area contributed by atoms with E-state index in [4.69, 9.17) is 5.11 Å². The summed E-state index contributed by atoms with van der Waals surface area (Å²) in [5.74, 6) is 0.185. The van der Waals surface area contributed by atoms with Crippen molar-refractivity contribution < 1.29 is 50.5 Å². The molecule has 5 nitrogen and oxygen atoms in total. The van der Waals surface area contributed by atoms with Gasteiger partial charge in [-0.05, 0) is 6.42 Å². The maximum Gasteiger partial charge on any atom is 1.00 e. The Morgan fingerprint density at radius 2 is 1.71 bits per heavy atom. The van der Waals surface area contributed by atoms with Crippen molar-refractivity contribution in [2.24, 2.45) is 4.99 Å². The van der Waals surface area contributed by atoms with Crippen LogP contribution in [0.25, 0.3) is 0 Å². The Labute approximate surface area is 170 Å². The van der Waals surface area contributed by atoms with Crippen molar-refractivity contribution in [3.8, 4) is 0 Å². The van der Waals surface area contributed by atoms with Crippen LogP contribution in [0.3, 0.4) is 0 Å². The van der Waals surface area contributed by atoms with Crippen molar-refractivity contribution in [1.82, 2.24) is 0 Å². The number of quaternary nitrogens is 1. The van der Waals surface area contributed by atoms with Gasteiger partial charge in [-0.2, -0.15) is 0 Å². The predicted octanol–water partition coefficient (Wildman–Crippen LogP) is 0.330. The third kappa shape index (κ3) is 8.95. The van der Waals surface area contributed by atoms with E-state index >= 15 is 0 Å². The van der Waals surface area contributed by atoms with Crippen LogP contribution in [0.15, 0.2) is 4.99 Å². The smallest absolute Gasteiger partial charge is 1.00 e. The van der Waals surface area contributed by atoms with Crippen molar-refractivity contribution in [3.05, 3.63) is 0 Å². The van der Waals surface area contributed by atoms with Gasteiger partial charge >= 0.3 is 35.5 Å². The maximum atomic E-state index is 11.2. The van der Waals surface area contributed by atoms with Crippen LogP contribution in [0.5, 0.6) is 0 Å². The van der Waals surface area contributed by atoms with Crippen molar-refractivity contribution >= 4 is 11.8 Å². The average molecular weight is 351 g/mol. The molecule has 2 N–H and O–H groups in total. The van der Waals surface area contributed by atoms with Crippen LogP contribution in [0.1, 0.15) is 72.6 Å². The van der Waals surface area contributed by atoms with Gasteiger partial charge in [-0.1, -0.05) is 58.3 Å². The van der Waals surface area contributed by atoms with Crippen LogP contribution in [-0.2, 0) is 4.79 Å². The fourth-order valence-electron chi connectivity index (χ4n) is 3.50. The van der Waals surface area contributed by atoms with Gasteiger partial charge in [0.2, 0.25) is 0 Å². The maximum absolute atomic E-state index is 11.2. The Morgan fingerprint density at radius 1 is 1.12 bits per heavy atom. The number of hydrogen-bond acceptors (Lipinski definition) is 3. The number of amidine groups is 1. The monoisotopic (exact) mass is 351 g/mol. The molecular weight excluding hydrogens is 315 g/mol. The third-order valence-electron chi connectivity index (χ3n) is 4.84. The molecule has 0 aromatic carbocycles. The van der Waals surface area contributed by atoms with Crippen LogP contribution in [0.4, 0.5) is 0 Å². The number of unbranched alkanes of at least 4 members (excludes halogenated alkanes) is 8. The standard InChI is InChI=1S/C18H34N2O3.Na.H/c1-2-3-4-5-6-7-8-9-10-11-17-19-12-13-20(17,14-15-21)16-18(22)23;;/h21H,2-16H2,1H3;;/q;+1;-1/p+1. The second kappa shape index (κ2) is 14.3. The first-order valence-electron chi connectivity index (χ1n) is 9.37. The molecule has 0 radical (unpaired) electrons. The number of aliphatic carboxylic acids is 1. The zero-order chi connectivity index (χ0) is 17.0. The summed E-state index contributed by atoms with van der Waals surface area (Å²) in [6.45, 7) is 4.20. The van der Waals surface area contributed by atoms with E-state index in [-0.39, 0.29) is 44.1 Å². The minimum Gasteiger partial charge on any atom is -1.00 e. The molecule has 0 aromatic heterocycles. The molecule has 0 aliphatic carbocycles. The fourth-order valence-corrected chi connectivity index (χ4v) is 3.50. The zero-order valence-corrected chi connectivity index (χ0v) is 17.8. The van der Waals surface area contributed by atoms with E-state index in [9.17, 15) is 9.90 Å². The molecule has 6 heteroatoms. The van der Waals surface area contributed by atoms with Crippen LogP contribution < -0.4 is 29.6 Å². The zero-order valence-electron chi connectivity index (χ0n) is 16.8. The topological polar surface area (TPSA) is 69.9 Å². The molecular formula is C18H36N2NaO3+. The summed E-state index contributed by atoms with van der Waals surface area (Å²) in [7, 11) is 0. The van der Waals surface area contributed by atoms with Gasteiger partial charge in [-0.15, -0.1) is 0 Å². The first-order chi connectivity index (χ1) is 11.1. The summed E-state index contributed by atoms with van der Waals surface area (Å²) in [6, 6.07) is 0. The fraction of sp³-hybridized carbons (Fsp3) is 0.889. The molecule has 1 aliphatic rings. The minimum absolute atomic E-state index is 0. The molecule has 0 aromatic rings. The van der Waals surface area contributed by atoms with Crippen molar-refractivity contribution in [1.29, 1.82) is 0 Å². The van der Waals surface area contributed by atoms with Crippen LogP contribution in [0.2, 0.25) is 0 Å². The van der Waals surface area contributed by atoms with Crippen molar-refractivity contribution in [3.63, 3.8) is 0 Å². The number of rotatable bonds is 14. The molecule has 1 atom stereocenters. The molecule has 136 valence electrons. The summed E-state index contributed by atoms with van der Waals surface area (Å²) in [5.41, 5.74) is 0. The van der Waals surface area contributed by atoms with Gasteiger partial charge in [0.05, 0.1) is 13.2 Å². The van der Waals surface area contributed by atoms with Crippen LogP contribution in [0, 0.1) is 0 Å². The molecule has 0 spiro atoms. The summed E-state index contributed by atoms with van der Waals surface area (Å²) in [5, 5.41) is 18.5. The number of carboxylic acid groups (broad SMARTS) is 1. The van der Waals surface area contributed by atoms with E-state index in [0.29, 0.717) is 17.6 Å². The summed E-state index contributed by atoms with van der Waals surface area (Å²) in [4.78, 5) is 15.7. The number of aliphatic hydroxyl groups excluding tert-OH is 1. The van der Waals surface area contributed by atoms with E-state index in [1.807, 2.05) is 0 Å². The number of nitrogens with zero attached hydrogens (tertiary/aromatic N) is 2. The van der Waals surface area contributed by atoms with E-state index < -0.39 is 5.97 Å². The molecule has 0 saturated carbocycles. The number of aliphatic imine (C=N–C) groups is 1. The molecule has 24 heavy (non-hydrogen) atoms. The van der Waals surface area contributed by atoms with Crippen molar-refractivity contribution in [2.75, 3.05) is 32.8 Å². The van der Waals surface area contributed by atoms with E-state index in [1.165, 1.54) is 51.4 Å². The van der Waals surface area contributed by atoms with Gasteiger partial charge in [0.1, 0.15) is 13.1 Å². The van der Waals surface area contributed by atoms with Crippen LogP contribution in [-0.4, -0.2) is 59.3 Å². The van der Waals surface area contributed by atoms with E-state index in [2.05, 4.69) is 11.9 Å². The SMILES string of the molecule is CCCCCCCCCCCC1=NCC[N+]1(CCO)CC(=O)O.[H-].[Na+]. The Balaban J connectivity index is 0. The Kier molecular flexibility index (Phi) is 14.3. The van der Waals surface area contributed by atoms with E-state index in [1.54, 1.807) is 0 Å². The molecule has 0 bridgehead atoms. The largest absolute Gasteiger partial charge is 1.00 e. The van der Waals surface area contributed by atoms with Gasteiger partial charge in [0.25, 0.3) is 0 Å². The second-order valence-electron chi connectivity index (χ2n) is 6.74. The van der Waals surface area contributed by atoms with Gasteiger partial charge in [0.15, 0.2) is 12.4 Å². The van der Waals surface area contributed by atoms with E-state index in [0.717, 1.165) is 25.2 Å². The average Bonchev–Trinajstić information content (AvgIpc) is 2.87. The number of hydrogen-bond donors (Lipinski definition) is 2. The number of carboxylic acids is 1. The summed E-state index contributed by atoms with van der Waals surface area (Å²) < 4.78 is 0.364. The molecule has 1 unspecified atom stereocenters. The molecule has 0 amide bonds. The minimum atomic E-state index is -0.805. The molecule has 1 heterocycles. The van der Waals surface area contributed by atoms with Gasteiger partial charge in [-0.25, -0.2) is 9.79 Å². The normalized spacial score (nSPS) is 19.8. The van der Waals surface area contributed by atoms with Crippen LogP contribution >= 0.6 is 0 Å². The van der Waals surface area contributed by atoms with Gasteiger partial charge in [-0.3, -0.25) is 4.48 Å². The molecule has 0 fully saturated rings. The summed E-state index contributed by atoms with van der Waals surface area (Å²) >= 11 is 0. The molecule has 1 aliphatic heterocycles. The number of carbonyl (C=O) groups is 1. The Morgan fingerprint density at radius 3 is 2.25 bits per heavy atom. The van der Waals surface area contributed by atoms with Gasteiger partial charge in [0, 0.05) is 6.42 Å². The molecule has 1 rings (SSSR count).